The van der Waals surface area contributed by atoms with Crippen LogP contribution in [0.4, 0.5) is 11.4 Å². The van der Waals surface area contributed by atoms with Crippen LogP contribution in [0.15, 0.2) is 91.1 Å². The largest absolute Gasteiger partial charge is 0.342 e. The number of aryl methyl sites for hydroxylation is 1. The van der Waals surface area contributed by atoms with Gasteiger partial charge in [-0.15, -0.1) is 0 Å². The van der Waals surface area contributed by atoms with Gasteiger partial charge in [0.25, 0.3) is 5.69 Å². The van der Waals surface area contributed by atoms with E-state index in [1.54, 1.807) is 36.5 Å². The van der Waals surface area contributed by atoms with E-state index in [9.17, 15) is 24.5 Å². The third kappa shape index (κ3) is 9.70. The highest BCUT2D eigenvalue weighted by atomic mass is 35.5. The Kier molecular flexibility index (Phi) is 11.4. The minimum absolute atomic E-state index is 0.0494. The van der Waals surface area contributed by atoms with Crippen LogP contribution in [0.2, 0.25) is 5.02 Å². The van der Waals surface area contributed by atoms with Gasteiger partial charge in [0.05, 0.1) is 16.1 Å². The molecule has 4 aromatic rings. The Morgan fingerprint density at radius 1 is 0.933 bits per heavy atom. The lowest BCUT2D eigenvalue weighted by Gasteiger charge is -2.24. The Balaban J connectivity index is 1.51. The van der Waals surface area contributed by atoms with Crippen LogP contribution in [0, 0.1) is 16.0 Å². The molecule has 0 saturated heterocycles. The maximum Gasteiger partial charge on any atom is 0.270 e. The minimum atomic E-state index is -0.928. The number of rotatable bonds is 13. The van der Waals surface area contributed by atoms with Crippen LogP contribution in [0.25, 0.3) is 17.0 Å². The Labute approximate surface area is 266 Å². The normalized spacial score (nSPS) is 12.5. The number of anilines is 1. The van der Waals surface area contributed by atoms with Gasteiger partial charge in [-0.3, -0.25) is 29.5 Å². The topological polar surface area (TPSA) is 143 Å². The summed E-state index contributed by atoms with van der Waals surface area (Å²) >= 11 is 6.12. The van der Waals surface area contributed by atoms with E-state index in [1.807, 2.05) is 44.2 Å². The van der Waals surface area contributed by atoms with Gasteiger partial charge in [0, 0.05) is 34.8 Å². The van der Waals surface area contributed by atoms with Crippen molar-refractivity contribution in [2.75, 3.05) is 5.32 Å². The molecule has 45 heavy (non-hydrogen) atoms. The molecule has 3 amide bonds. The number of hydrogen-bond acceptors (Lipinski definition) is 6. The predicted molar refractivity (Wildman–Crippen MR) is 176 cm³/mol. The van der Waals surface area contributed by atoms with Gasteiger partial charge < -0.3 is 16.0 Å². The first kappa shape index (κ1) is 32.8. The number of fused-ring (bicyclic) bond motifs is 1. The smallest absolute Gasteiger partial charge is 0.270 e. The van der Waals surface area contributed by atoms with Crippen LogP contribution in [-0.2, 0) is 20.8 Å². The van der Waals surface area contributed by atoms with Crippen molar-refractivity contribution in [1.82, 2.24) is 15.6 Å². The molecule has 0 spiro atoms. The van der Waals surface area contributed by atoms with Crippen molar-refractivity contribution in [3.63, 3.8) is 0 Å². The Morgan fingerprint density at radius 3 is 2.44 bits per heavy atom. The van der Waals surface area contributed by atoms with E-state index >= 15 is 0 Å². The number of carbonyl (C=O) groups excluding carboxylic acids is 3. The van der Waals surface area contributed by atoms with E-state index in [4.69, 9.17) is 11.6 Å². The number of nitro benzene ring substituents is 1. The van der Waals surface area contributed by atoms with Crippen LogP contribution in [0.3, 0.4) is 0 Å². The number of halogens is 1. The minimum Gasteiger partial charge on any atom is -0.342 e. The van der Waals surface area contributed by atoms with Gasteiger partial charge in [-0.1, -0.05) is 67.9 Å². The third-order valence-electron chi connectivity index (χ3n) is 7.01. The van der Waals surface area contributed by atoms with Gasteiger partial charge in [0.15, 0.2) is 0 Å². The number of pyridine rings is 1. The zero-order valence-electron chi connectivity index (χ0n) is 24.9. The maximum absolute atomic E-state index is 13.7. The molecule has 0 unspecified atom stereocenters. The molecule has 1 heterocycles. The lowest BCUT2D eigenvalue weighted by Crippen LogP contribution is -2.53. The van der Waals surface area contributed by atoms with Crippen molar-refractivity contribution in [2.45, 2.75) is 45.2 Å². The Morgan fingerprint density at radius 2 is 1.71 bits per heavy atom. The van der Waals surface area contributed by atoms with Gasteiger partial charge in [-0.05, 0) is 66.6 Å². The summed E-state index contributed by atoms with van der Waals surface area (Å²) in [4.78, 5) is 55.0. The van der Waals surface area contributed by atoms with Crippen molar-refractivity contribution in [3.8, 4) is 0 Å². The molecular formula is C34H34ClN5O5. The number of nitrogens with one attached hydrogen (secondary N) is 3. The van der Waals surface area contributed by atoms with Crippen LogP contribution >= 0.6 is 11.6 Å². The fourth-order valence-corrected chi connectivity index (χ4v) is 4.95. The number of amides is 3. The summed E-state index contributed by atoms with van der Waals surface area (Å²) in [6, 6.07) is 20.5. The molecule has 0 radical (unpaired) electrons. The van der Waals surface area contributed by atoms with Gasteiger partial charge in [0.1, 0.15) is 12.1 Å². The average Bonchev–Trinajstić information content (AvgIpc) is 3.02. The van der Waals surface area contributed by atoms with Crippen molar-refractivity contribution in [1.29, 1.82) is 0 Å². The van der Waals surface area contributed by atoms with Crippen molar-refractivity contribution in [2.24, 2.45) is 5.92 Å². The predicted octanol–water partition coefficient (Wildman–Crippen LogP) is 6.10. The number of non-ortho nitro benzene ring substituents is 1. The van der Waals surface area contributed by atoms with E-state index in [0.717, 1.165) is 5.56 Å². The number of hydrogen-bond donors (Lipinski definition) is 3. The first-order valence-electron chi connectivity index (χ1n) is 14.5. The zero-order valence-corrected chi connectivity index (χ0v) is 25.7. The van der Waals surface area contributed by atoms with Crippen molar-refractivity contribution >= 4 is 57.7 Å². The molecule has 3 aromatic carbocycles. The quantitative estimate of drug-likeness (QED) is 0.0929. The van der Waals surface area contributed by atoms with Crippen molar-refractivity contribution in [3.05, 3.63) is 117 Å². The second kappa shape index (κ2) is 15.6. The Hall–Kier alpha value is -5.09. The fourth-order valence-electron chi connectivity index (χ4n) is 4.78. The summed E-state index contributed by atoms with van der Waals surface area (Å²) < 4.78 is 0. The lowest BCUT2D eigenvalue weighted by molar-refractivity contribution is -0.384. The van der Waals surface area contributed by atoms with E-state index < -0.39 is 34.7 Å². The summed E-state index contributed by atoms with van der Waals surface area (Å²) in [5.41, 5.74) is 2.51. The highest BCUT2D eigenvalue weighted by molar-refractivity contribution is 6.31. The number of aromatic nitrogens is 1. The number of nitro groups is 1. The second-order valence-corrected chi connectivity index (χ2v) is 11.4. The summed E-state index contributed by atoms with van der Waals surface area (Å²) in [5.74, 6) is -1.41. The van der Waals surface area contributed by atoms with Crippen LogP contribution in [-0.4, -0.2) is 39.7 Å². The van der Waals surface area contributed by atoms with Crippen molar-refractivity contribution < 1.29 is 19.3 Å². The number of benzene rings is 3. The molecule has 0 fully saturated rings. The van der Waals surface area contributed by atoms with E-state index in [2.05, 4.69) is 20.9 Å². The molecule has 0 bridgehead atoms. The number of nitrogens with zero attached hydrogens (tertiary/aromatic N) is 2. The highest BCUT2D eigenvalue weighted by Gasteiger charge is 2.27. The van der Waals surface area contributed by atoms with E-state index in [1.165, 1.54) is 30.4 Å². The second-order valence-electron chi connectivity index (χ2n) is 11.0. The van der Waals surface area contributed by atoms with E-state index in [-0.39, 0.29) is 11.6 Å². The highest BCUT2D eigenvalue weighted by Crippen LogP contribution is 2.25. The van der Waals surface area contributed by atoms with E-state index in [0.29, 0.717) is 46.4 Å². The molecule has 3 N–H and O–H groups in total. The number of carbonyl (C=O) groups is 3. The van der Waals surface area contributed by atoms with Crippen LogP contribution in [0.1, 0.15) is 37.8 Å². The molecule has 232 valence electrons. The van der Waals surface area contributed by atoms with Gasteiger partial charge in [-0.2, -0.15) is 0 Å². The summed E-state index contributed by atoms with van der Waals surface area (Å²) in [6.45, 7) is 3.84. The molecule has 11 heteroatoms. The van der Waals surface area contributed by atoms with Crippen LogP contribution in [0.5, 0.6) is 0 Å². The SMILES string of the molecule is CC(C)C[C@@H](NC(=O)/C=C/c1cccc([N+](=O)[O-])c1)C(=O)N[C@H](CCc1ccccc1)C(=O)Nc1ccnc2cc(Cl)ccc12. The molecule has 2 atom stereocenters. The molecule has 4 rings (SSSR count). The van der Waals surface area contributed by atoms with Gasteiger partial charge >= 0.3 is 0 Å². The monoisotopic (exact) mass is 627 g/mol. The third-order valence-corrected chi connectivity index (χ3v) is 7.24. The van der Waals surface area contributed by atoms with Crippen LogP contribution < -0.4 is 16.0 Å². The molecule has 0 aliphatic heterocycles. The standard InChI is InChI=1S/C34H34ClN5O5/c1-22(2)19-31(37-32(41)16-12-24-9-6-10-26(20-24)40(44)45)34(43)39-29(15-11-23-7-4-3-5-8-23)33(42)38-28-17-18-36-30-21-25(35)13-14-27(28)30/h3-10,12-14,16-18,20-22,29,31H,11,15,19H2,1-2H3,(H,37,41)(H,39,43)(H,36,38,42)/b16-12+/t29-,31-/m1/s1. The van der Waals surface area contributed by atoms with Gasteiger partial charge in [-0.25, -0.2) is 0 Å². The first-order valence-corrected chi connectivity index (χ1v) is 14.9. The zero-order chi connectivity index (χ0) is 32.3. The molecule has 1 aromatic heterocycles. The maximum atomic E-state index is 13.7. The fraction of sp³-hybridized carbons (Fsp3) is 0.235. The summed E-state index contributed by atoms with van der Waals surface area (Å²) in [6.07, 6.45) is 5.39. The molecule has 10 nitrogen and oxygen atoms in total. The van der Waals surface area contributed by atoms with Gasteiger partial charge in [0.2, 0.25) is 17.7 Å². The molecule has 0 aliphatic rings. The first-order chi connectivity index (χ1) is 21.6. The average molecular weight is 628 g/mol. The molecule has 0 aliphatic carbocycles. The molecule has 0 saturated carbocycles. The molecular weight excluding hydrogens is 594 g/mol. The lowest BCUT2D eigenvalue weighted by atomic mass is 10.0. The summed E-state index contributed by atoms with van der Waals surface area (Å²) in [5, 5.41) is 20.8. The summed E-state index contributed by atoms with van der Waals surface area (Å²) in [7, 11) is 0. The Bertz CT molecular complexity index is 1710.